The number of benzene rings is 1. The Bertz CT molecular complexity index is 349. The van der Waals surface area contributed by atoms with Crippen molar-refractivity contribution < 1.29 is 0 Å². The third kappa shape index (κ3) is 4.77. The molecule has 0 saturated heterocycles. The third-order valence-electron chi connectivity index (χ3n) is 3.86. The van der Waals surface area contributed by atoms with Crippen molar-refractivity contribution in [2.45, 2.75) is 58.4 Å². The molecule has 0 saturated carbocycles. The van der Waals surface area contributed by atoms with E-state index in [1.54, 1.807) is 0 Å². The van der Waals surface area contributed by atoms with Crippen LogP contribution in [0, 0.1) is 0 Å². The van der Waals surface area contributed by atoms with Crippen LogP contribution in [-0.4, -0.2) is 20.1 Å². The molecule has 0 aromatic heterocycles. The van der Waals surface area contributed by atoms with Crippen molar-refractivity contribution in [3.63, 3.8) is 0 Å². The summed E-state index contributed by atoms with van der Waals surface area (Å²) < 4.78 is 0. The molecule has 0 heterocycles. The van der Waals surface area contributed by atoms with Gasteiger partial charge in [0, 0.05) is 20.1 Å². The fourth-order valence-corrected chi connectivity index (χ4v) is 2.68. The normalized spacial score (nSPS) is 12.2. The first-order valence-corrected chi connectivity index (χ1v) is 7.74. The number of para-hydroxylation sites is 2. The Morgan fingerprint density at radius 1 is 1.05 bits per heavy atom. The Labute approximate surface area is 119 Å². The number of hydrogen-bond acceptors (Lipinski definition) is 2. The maximum Gasteiger partial charge on any atom is 0.0601 e. The van der Waals surface area contributed by atoms with Gasteiger partial charge >= 0.3 is 0 Å². The van der Waals surface area contributed by atoms with Crippen molar-refractivity contribution in [2.75, 3.05) is 24.3 Å². The first kappa shape index (κ1) is 15.9. The Morgan fingerprint density at radius 2 is 1.79 bits per heavy atom. The molecular formula is C17H30N2. The molecular weight excluding hydrogens is 232 g/mol. The molecule has 0 amide bonds. The topological polar surface area (TPSA) is 15.3 Å². The molecule has 0 aliphatic carbocycles. The van der Waals surface area contributed by atoms with Crippen LogP contribution in [0.2, 0.25) is 0 Å². The summed E-state index contributed by atoms with van der Waals surface area (Å²) in [7, 11) is 4.24. The number of anilines is 2. The standard InChI is InChI=1S/C17H30N2/c1-5-7-8-12-15(11-6-2)19(4)17-14-10-9-13-16(17)18-3/h9-10,13-15,18H,5-8,11-12H2,1-4H3. The summed E-state index contributed by atoms with van der Waals surface area (Å²) in [4.78, 5) is 2.46. The lowest BCUT2D eigenvalue weighted by molar-refractivity contribution is 0.504. The molecule has 0 fully saturated rings. The summed E-state index contributed by atoms with van der Waals surface area (Å²) >= 11 is 0. The molecule has 1 aromatic rings. The van der Waals surface area contributed by atoms with Gasteiger partial charge in [-0.3, -0.25) is 0 Å². The van der Waals surface area contributed by atoms with Gasteiger partial charge in [0.15, 0.2) is 0 Å². The summed E-state index contributed by atoms with van der Waals surface area (Å²) in [5.41, 5.74) is 2.54. The van der Waals surface area contributed by atoms with Gasteiger partial charge in [0.1, 0.15) is 0 Å². The highest BCUT2D eigenvalue weighted by Crippen LogP contribution is 2.28. The average molecular weight is 262 g/mol. The molecule has 2 heteroatoms. The molecule has 0 aliphatic rings. The highest BCUT2D eigenvalue weighted by Gasteiger charge is 2.16. The summed E-state index contributed by atoms with van der Waals surface area (Å²) in [6.45, 7) is 4.56. The van der Waals surface area contributed by atoms with Crippen molar-refractivity contribution in [3.05, 3.63) is 24.3 Å². The van der Waals surface area contributed by atoms with Gasteiger partial charge in [-0.05, 0) is 25.0 Å². The van der Waals surface area contributed by atoms with Crippen LogP contribution < -0.4 is 10.2 Å². The van der Waals surface area contributed by atoms with E-state index < -0.39 is 0 Å². The van der Waals surface area contributed by atoms with Gasteiger partial charge in [0.05, 0.1) is 11.4 Å². The second-order valence-corrected chi connectivity index (χ2v) is 5.32. The monoisotopic (exact) mass is 262 g/mol. The van der Waals surface area contributed by atoms with Crippen molar-refractivity contribution in [2.24, 2.45) is 0 Å². The highest BCUT2D eigenvalue weighted by molar-refractivity contribution is 5.69. The number of rotatable bonds is 9. The number of nitrogens with zero attached hydrogens (tertiary/aromatic N) is 1. The molecule has 1 N–H and O–H groups in total. The predicted molar refractivity (Wildman–Crippen MR) is 87.2 cm³/mol. The molecule has 1 unspecified atom stereocenters. The van der Waals surface area contributed by atoms with E-state index in [0.29, 0.717) is 6.04 Å². The fraction of sp³-hybridized carbons (Fsp3) is 0.647. The van der Waals surface area contributed by atoms with Gasteiger partial charge in [-0.2, -0.15) is 0 Å². The highest BCUT2D eigenvalue weighted by atomic mass is 15.1. The Balaban J connectivity index is 2.76. The van der Waals surface area contributed by atoms with Gasteiger partial charge in [-0.15, -0.1) is 0 Å². The lowest BCUT2D eigenvalue weighted by Crippen LogP contribution is -2.32. The molecule has 1 aromatic carbocycles. The molecule has 19 heavy (non-hydrogen) atoms. The van der Waals surface area contributed by atoms with Crippen LogP contribution in [-0.2, 0) is 0 Å². The number of hydrogen-bond donors (Lipinski definition) is 1. The summed E-state index contributed by atoms with van der Waals surface area (Å²) in [5, 5.41) is 3.30. The second-order valence-electron chi connectivity index (χ2n) is 5.32. The predicted octanol–water partition coefficient (Wildman–Crippen LogP) is 4.91. The molecule has 1 rings (SSSR count). The zero-order valence-electron chi connectivity index (χ0n) is 13.1. The summed E-state index contributed by atoms with van der Waals surface area (Å²) in [5.74, 6) is 0. The van der Waals surface area contributed by atoms with Crippen molar-refractivity contribution in [1.82, 2.24) is 0 Å². The van der Waals surface area contributed by atoms with Crippen LogP contribution in [0.1, 0.15) is 52.4 Å². The van der Waals surface area contributed by atoms with Gasteiger partial charge in [0.2, 0.25) is 0 Å². The van der Waals surface area contributed by atoms with E-state index in [9.17, 15) is 0 Å². The van der Waals surface area contributed by atoms with Crippen molar-refractivity contribution in [1.29, 1.82) is 0 Å². The third-order valence-corrected chi connectivity index (χ3v) is 3.86. The molecule has 108 valence electrons. The Morgan fingerprint density at radius 3 is 2.42 bits per heavy atom. The lowest BCUT2D eigenvalue weighted by Gasteiger charge is -2.31. The summed E-state index contributed by atoms with van der Waals surface area (Å²) in [6.07, 6.45) is 7.82. The first-order chi connectivity index (χ1) is 9.24. The zero-order valence-corrected chi connectivity index (χ0v) is 13.1. The largest absolute Gasteiger partial charge is 0.386 e. The van der Waals surface area contributed by atoms with Crippen LogP contribution in [0.15, 0.2) is 24.3 Å². The van der Waals surface area contributed by atoms with Gasteiger partial charge in [0.25, 0.3) is 0 Å². The smallest absolute Gasteiger partial charge is 0.0601 e. The maximum atomic E-state index is 3.30. The SMILES string of the molecule is CCCCCC(CCC)N(C)c1ccccc1NC. The lowest BCUT2D eigenvalue weighted by atomic mass is 10.0. The van der Waals surface area contributed by atoms with Crippen LogP contribution in [0.3, 0.4) is 0 Å². The van der Waals surface area contributed by atoms with Crippen LogP contribution in [0.25, 0.3) is 0 Å². The van der Waals surface area contributed by atoms with E-state index in [0.717, 1.165) is 0 Å². The Hall–Kier alpha value is -1.18. The maximum absolute atomic E-state index is 3.30. The molecule has 2 nitrogen and oxygen atoms in total. The van der Waals surface area contributed by atoms with Crippen molar-refractivity contribution in [3.8, 4) is 0 Å². The van der Waals surface area contributed by atoms with Crippen LogP contribution in [0.4, 0.5) is 11.4 Å². The van der Waals surface area contributed by atoms with E-state index in [1.165, 1.54) is 49.9 Å². The molecule has 0 bridgehead atoms. The van der Waals surface area contributed by atoms with E-state index in [2.05, 4.69) is 55.4 Å². The van der Waals surface area contributed by atoms with Crippen molar-refractivity contribution >= 4 is 11.4 Å². The number of nitrogens with one attached hydrogen (secondary N) is 1. The van der Waals surface area contributed by atoms with Crippen LogP contribution >= 0.6 is 0 Å². The Kier molecular flexibility index (Phi) is 7.39. The fourth-order valence-electron chi connectivity index (χ4n) is 2.68. The van der Waals surface area contributed by atoms with Gasteiger partial charge < -0.3 is 10.2 Å². The summed E-state index contributed by atoms with van der Waals surface area (Å²) in [6, 6.07) is 9.25. The quantitative estimate of drug-likeness (QED) is 0.636. The van der Waals surface area contributed by atoms with E-state index >= 15 is 0 Å². The van der Waals surface area contributed by atoms with E-state index in [1.807, 2.05) is 7.05 Å². The minimum atomic E-state index is 0.658. The minimum absolute atomic E-state index is 0.658. The molecule has 0 aliphatic heterocycles. The zero-order chi connectivity index (χ0) is 14.1. The van der Waals surface area contributed by atoms with Gasteiger partial charge in [-0.25, -0.2) is 0 Å². The van der Waals surface area contributed by atoms with E-state index in [4.69, 9.17) is 0 Å². The van der Waals surface area contributed by atoms with E-state index in [-0.39, 0.29) is 0 Å². The molecule has 1 atom stereocenters. The molecule has 0 spiro atoms. The first-order valence-electron chi connectivity index (χ1n) is 7.74. The number of unbranched alkanes of at least 4 members (excludes halogenated alkanes) is 2. The minimum Gasteiger partial charge on any atom is -0.386 e. The molecule has 0 radical (unpaired) electrons. The second kappa shape index (κ2) is 8.84. The average Bonchev–Trinajstić information content (AvgIpc) is 2.45. The van der Waals surface area contributed by atoms with Gasteiger partial charge in [-0.1, -0.05) is 51.7 Å². The van der Waals surface area contributed by atoms with Crippen LogP contribution in [0.5, 0.6) is 0 Å².